The molecule has 1 amide bonds. The summed E-state index contributed by atoms with van der Waals surface area (Å²) >= 11 is 0. The number of fused-ring (bicyclic) bond motifs is 1. The predicted molar refractivity (Wildman–Crippen MR) is 60.9 cm³/mol. The van der Waals surface area contributed by atoms with Gasteiger partial charge in [-0.2, -0.15) is 0 Å². The van der Waals surface area contributed by atoms with Gasteiger partial charge in [0.05, 0.1) is 6.61 Å². The lowest BCUT2D eigenvalue weighted by Crippen LogP contribution is -2.84. The number of β-lactam (4-membered cyclic amide) rings is 1. The minimum atomic E-state index is -1.34. The highest BCUT2D eigenvalue weighted by Crippen LogP contribution is 2.49. The molecule has 2 rings (SSSR count). The number of carbonyl (C=O) groups is 1. The van der Waals surface area contributed by atoms with Crippen molar-refractivity contribution in [3.05, 3.63) is 11.4 Å². The van der Waals surface area contributed by atoms with Gasteiger partial charge < -0.3 is 9.84 Å². The van der Waals surface area contributed by atoms with Gasteiger partial charge in [-0.1, -0.05) is 0 Å². The summed E-state index contributed by atoms with van der Waals surface area (Å²) in [6.45, 7) is 14.5. The number of hydrogen-bond donors (Lipinski definition) is 1. The topological polar surface area (TPSA) is 54.1 Å². The monoisotopic (exact) mass is 238 g/mol. The third-order valence-electron chi connectivity index (χ3n) is 3.87. The molecule has 0 bridgehead atoms. The second-order valence-corrected chi connectivity index (χ2v) is 5.71. The zero-order valence-electron chi connectivity index (χ0n) is 10.6. The molecule has 17 heavy (non-hydrogen) atoms. The molecule has 2 fully saturated rings. The van der Waals surface area contributed by atoms with Gasteiger partial charge in [-0.05, 0) is 34.1 Å². The summed E-state index contributed by atoms with van der Waals surface area (Å²) in [5.74, 6) is -0.324. The van der Waals surface area contributed by atoms with Crippen LogP contribution in [0.2, 0.25) is 0 Å². The molecular weight excluding hydrogens is 220 g/mol. The van der Waals surface area contributed by atoms with Crippen LogP contribution in [0, 0.1) is 6.57 Å². The highest BCUT2D eigenvalue weighted by molar-refractivity contribution is 5.98. The summed E-state index contributed by atoms with van der Waals surface area (Å²) in [5, 5.41) is 10.2. The largest absolute Gasteiger partial charge is 0.381 e. The average Bonchev–Trinajstić information content (AvgIpc) is 2.14. The third kappa shape index (κ3) is 1.28. The summed E-state index contributed by atoms with van der Waals surface area (Å²) in [5.41, 5.74) is -3.35. The molecule has 2 atom stereocenters. The van der Waals surface area contributed by atoms with Crippen molar-refractivity contribution >= 4 is 5.91 Å². The average molecular weight is 238 g/mol. The Labute approximate surface area is 101 Å². The van der Waals surface area contributed by atoms with Gasteiger partial charge in [0, 0.05) is 0 Å². The lowest BCUT2D eigenvalue weighted by Gasteiger charge is -2.59. The summed E-state index contributed by atoms with van der Waals surface area (Å²) in [4.78, 5) is 17.4. The molecule has 0 aromatic rings. The Kier molecular flexibility index (Phi) is 2.33. The molecule has 1 N–H and O–H groups in total. The number of ether oxygens (including phenoxy) is 1. The molecule has 0 aromatic carbocycles. The molecule has 2 saturated heterocycles. The summed E-state index contributed by atoms with van der Waals surface area (Å²) < 4.78 is 5.54. The molecule has 2 heterocycles. The van der Waals surface area contributed by atoms with Crippen molar-refractivity contribution in [2.75, 3.05) is 6.61 Å². The van der Waals surface area contributed by atoms with E-state index in [1.54, 1.807) is 4.90 Å². The lowest BCUT2D eigenvalue weighted by molar-refractivity contribution is -0.247. The van der Waals surface area contributed by atoms with Crippen molar-refractivity contribution in [3.8, 4) is 0 Å². The van der Waals surface area contributed by atoms with Crippen LogP contribution in [0.25, 0.3) is 4.85 Å². The van der Waals surface area contributed by atoms with E-state index < -0.39 is 16.9 Å². The molecule has 5 heteroatoms. The maximum Gasteiger partial charge on any atom is 0.356 e. The quantitative estimate of drug-likeness (QED) is 0.542. The molecule has 0 saturated carbocycles. The summed E-state index contributed by atoms with van der Waals surface area (Å²) in [6.07, 6.45) is 0.599. The van der Waals surface area contributed by atoms with Crippen LogP contribution in [-0.2, 0) is 9.53 Å². The second kappa shape index (κ2) is 3.21. The van der Waals surface area contributed by atoms with Crippen LogP contribution in [0.5, 0.6) is 0 Å². The first-order valence-electron chi connectivity index (χ1n) is 5.77. The zero-order valence-corrected chi connectivity index (χ0v) is 10.6. The first-order valence-corrected chi connectivity index (χ1v) is 5.77. The zero-order chi connectivity index (χ0) is 13.1. The fraction of sp³-hybridized carbons (Fsp3) is 0.833. The van der Waals surface area contributed by atoms with Gasteiger partial charge in [-0.25, -0.2) is 6.57 Å². The van der Waals surface area contributed by atoms with Crippen LogP contribution in [0.3, 0.4) is 0 Å². The number of amides is 1. The Morgan fingerprint density at radius 3 is 2.65 bits per heavy atom. The van der Waals surface area contributed by atoms with Crippen LogP contribution in [0.4, 0.5) is 0 Å². The number of aliphatic hydroxyl groups is 1. The molecule has 0 spiro atoms. The van der Waals surface area contributed by atoms with Crippen LogP contribution in [-0.4, -0.2) is 45.4 Å². The SMILES string of the molecule is [C-]#[N+][C@@]1(C(C)(C)O)C(=O)N2[C@@H]1CCOC2(C)C. The van der Waals surface area contributed by atoms with E-state index in [-0.39, 0.29) is 11.9 Å². The van der Waals surface area contributed by atoms with E-state index in [0.29, 0.717) is 13.0 Å². The molecule has 0 aliphatic carbocycles. The molecule has 94 valence electrons. The second-order valence-electron chi connectivity index (χ2n) is 5.71. The van der Waals surface area contributed by atoms with Gasteiger partial charge in [0.25, 0.3) is 0 Å². The van der Waals surface area contributed by atoms with E-state index in [2.05, 4.69) is 4.85 Å². The van der Waals surface area contributed by atoms with Crippen LogP contribution >= 0.6 is 0 Å². The molecule has 0 unspecified atom stereocenters. The van der Waals surface area contributed by atoms with Gasteiger partial charge in [0.15, 0.2) is 0 Å². The highest BCUT2D eigenvalue weighted by Gasteiger charge is 2.77. The highest BCUT2D eigenvalue weighted by atomic mass is 16.5. The molecular formula is C12H18N2O3. The molecule has 2 aliphatic rings. The van der Waals surface area contributed by atoms with E-state index in [0.717, 1.165) is 0 Å². The standard InChI is InChI=1S/C12H18N2O3/c1-10(2,16)12(13-5)8-6-7-17-11(3,4)14(8)9(12)15/h8,16H,6-7H2,1-4H3/t8-,12-/m1/s1. The van der Waals surface area contributed by atoms with E-state index >= 15 is 0 Å². The normalized spacial score (nSPS) is 35.9. The van der Waals surface area contributed by atoms with E-state index in [1.165, 1.54) is 13.8 Å². The number of carbonyl (C=O) groups excluding carboxylic acids is 1. The van der Waals surface area contributed by atoms with Gasteiger partial charge in [-0.15, -0.1) is 0 Å². The minimum Gasteiger partial charge on any atom is -0.381 e. The smallest absolute Gasteiger partial charge is 0.356 e. The van der Waals surface area contributed by atoms with Gasteiger partial charge in [0.2, 0.25) is 0 Å². The molecule has 0 aromatic heterocycles. The Morgan fingerprint density at radius 1 is 1.59 bits per heavy atom. The predicted octanol–water partition coefficient (Wildman–Crippen LogP) is 0.783. The van der Waals surface area contributed by atoms with E-state index in [9.17, 15) is 9.90 Å². The fourth-order valence-electron chi connectivity index (χ4n) is 2.96. The van der Waals surface area contributed by atoms with Crippen LogP contribution < -0.4 is 0 Å². The molecule has 2 aliphatic heterocycles. The molecule has 0 radical (unpaired) electrons. The Morgan fingerprint density at radius 2 is 2.18 bits per heavy atom. The Bertz CT molecular complexity index is 405. The van der Waals surface area contributed by atoms with E-state index in [1.807, 2.05) is 13.8 Å². The number of hydrogen-bond acceptors (Lipinski definition) is 3. The van der Waals surface area contributed by atoms with Crippen molar-refractivity contribution in [1.29, 1.82) is 0 Å². The third-order valence-corrected chi connectivity index (χ3v) is 3.87. The first kappa shape index (κ1) is 12.3. The summed E-state index contributed by atoms with van der Waals surface area (Å²) in [7, 11) is 0. The molecule has 5 nitrogen and oxygen atoms in total. The lowest BCUT2D eigenvalue weighted by atomic mass is 9.66. The van der Waals surface area contributed by atoms with Crippen molar-refractivity contribution in [2.24, 2.45) is 0 Å². The van der Waals surface area contributed by atoms with Crippen LogP contribution in [0.15, 0.2) is 0 Å². The minimum absolute atomic E-state index is 0.253. The van der Waals surface area contributed by atoms with Gasteiger partial charge in [0.1, 0.15) is 17.4 Å². The maximum atomic E-state index is 12.3. The van der Waals surface area contributed by atoms with Gasteiger partial charge in [-0.3, -0.25) is 14.5 Å². The Balaban J connectivity index is 2.43. The maximum absolute atomic E-state index is 12.3. The fourth-order valence-corrected chi connectivity index (χ4v) is 2.96. The first-order chi connectivity index (χ1) is 7.68. The Hall–Kier alpha value is -1.12. The van der Waals surface area contributed by atoms with Crippen molar-refractivity contribution in [3.63, 3.8) is 0 Å². The van der Waals surface area contributed by atoms with Crippen LogP contribution in [0.1, 0.15) is 34.1 Å². The van der Waals surface area contributed by atoms with Crippen molar-refractivity contribution < 1.29 is 14.6 Å². The van der Waals surface area contributed by atoms with Gasteiger partial charge >= 0.3 is 11.4 Å². The van der Waals surface area contributed by atoms with Crippen molar-refractivity contribution in [1.82, 2.24) is 4.90 Å². The van der Waals surface area contributed by atoms with E-state index in [4.69, 9.17) is 11.3 Å². The summed E-state index contributed by atoms with van der Waals surface area (Å²) in [6, 6.07) is -0.253. The number of nitrogens with zero attached hydrogens (tertiary/aromatic N) is 2. The number of rotatable bonds is 1. The van der Waals surface area contributed by atoms with Crippen molar-refractivity contribution in [2.45, 2.75) is 57.0 Å².